The molecule has 0 saturated heterocycles. The Bertz CT molecular complexity index is 562. The quantitative estimate of drug-likeness (QED) is 0.434. The molecule has 1 fully saturated rings. The number of benzene rings is 1. The van der Waals surface area contributed by atoms with Gasteiger partial charge in [0.2, 0.25) is 5.91 Å². The Balaban J connectivity index is 1.67. The number of thioether (sulfide) groups is 1. The highest BCUT2D eigenvalue weighted by molar-refractivity contribution is 8.00. The summed E-state index contributed by atoms with van der Waals surface area (Å²) in [5, 5.41) is 3.83. The molecule has 1 saturated carbocycles. The topological polar surface area (TPSA) is 53.2 Å². The van der Waals surface area contributed by atoms with Gasteiger partial charge in [0, 0.05) is 10.9 Å². The second-order valence-corrected chi connectivity index (χ2v) is 8.08. The summed E-state index contributed by atoms with van der Waals surface area (Å²) in [6.45, 7) is 6.60. The molecule has 1 aromatic carbocycles. The molecule has 0 bridgehead atoms. The third-order valence-corrected chi connectivity index (χ3v) is 5.96. The maximum absolute atomic E-state index is 11.9. The lowest BCUT2D eigenvalue weighted by Crippen LogP contribution is -2.52. The number of thiocarbonyl (C=S) groups is 1. The van der Waals surface area contributed by atoms with E-state index in [1.165, 1.54) is 30.2 Å². The molecular formula is C18H27N3OS2. The maximum Gasteiger partial charge on any atom is 0.248 e. The van der Waals surface area contributed by atoms with Crippen LogP contribution in [0.2, 0.25) is 0 Å². The Morgan fingerprint density at radius 3 is 2.62 bits per heavy atom. The van der Waals surface area contributed by atoms with Crippen LogP contribution in [-0.2, 0) is 4.79 Å². The molecule has 6 heteroatoms. The molecule has 0 radical (unpaired) electrons. The zero-order chi connectivity index (χ0) is 17.5. The zero-order valence-electron chi connectivity index (χ0n) is 14.6. The molecule has 3 atom stereocenters. The zero-order valence-corrected chi connectivity index (χ0v) is 16.2. The van der Waals surface area contributed by atoms with Crippen molar-refractivity contribution in [1.82, 2.24) is 16.2 Å². The first-order chi connectivity index (χ1) is 11.5. The fraction of sp³-hybridized carbons (Fsp3) is 0.556. The Morgan fingerprint density at radius 2 is 1.92 bits per heavy atom. The average molecular weight is 366 g/mol. The molecule has 4 nitrogen and oxygen atoms in total. The minimum Gasteiger partial charge on any atom is -0.358 e. The van der Waals surface area contributed by atoms with Crippen LogP contribution in [0.25, 0.3) is 0 Å². The molecule has 24 heavy (non-hydrogen) atoms. The fourth-order valence-corrected chi connectivity index (χ4v) is 3.84. The Hall–Kier alpha value is -1.27. The maximum atomic E-state index is 11.9. The van der Waals surface area contributed by atoms with Crippen LogP contribution in [0.4, 0.5) is 0 Å². The van der Waals surface area contributed by atoms with Crippen molar-refractivity contribution in [2.75, 3.05) is 5.75 Å². The predicted octanol–water partition coefficient (Wildman–Crippen LogP) is 3.41. The SMILES string of the molecule is Cc1ccc(SCC(=O)NNC(=S)N[C@H]2CCC[C@H](C)[C@@H]2C)cc1. The number of carbonyl (C=O) groups excluding carboxylic acids is 1. The van der Waals surface area contributed by atoms with Gasteiger partial charge < -0.3 is 5.32 Å². The molecule has 1 aliphatic rings. The lowest BCUT2D eigenvalue weighted by atomic mass is 9.78. The smallest absolute Gasteiger partial charge is 0.248 e. The lowest BCUT2D eigenvalue weighted by molar-refractivity contribution is -0.119. The van der Waals surface area contributed by atoms with E-state index in [0.717, 1.165) is 11.3 Å². The summed E-state index contributed by atoms with van der Waals surface area (Å²) in [4.78, 5) is 13.0. The summed E-state index contributed by atoms with van der Waals surface area (Å²) in [6, 6.07) is 8.53. The van der Waals surface area contributed by atoms with E-state index < -0.39 is 0 Å². The largest absolute Gasteiger partial charge is 0.358 e. The van der Waals surface area contributed by atoms with Gasteiger partial charge in [-0.1, -0.05) is 44.4 Å². The van der Waals surface area contributed by atoms with Gasteiger partial charge >= 0.3 is 0 Å². The van der Waals surface area contributed by atoms with Crippen LogP contribution in [-0.4, -0.2) is 22.8 Å². The van der Waals surface area contributed by atoms with Crippen molar-refractivity contribution in [1.29, 1.82) is 0 Å². The minimum atomic E-state index is -0.0882. The molecule has 1 aromatic rings. The molecule has 3 N–H and O–H groups in total. The lowest BCUT2D eigenvalue weighted by Gasteiger charge is -2.35. The Kier molecular flexibility index (Phi) is 7.37. The van der Waals surface area contributed by atoms with E-state index in [9.17, 15) is 4.79 Å². The highest BCUT2D eigenvalue weighted by Gasteiger charge is 2.27. The van der Waals surface area contributed by atoms with Gasteiger partial charge in [0.15, 0.2) is 5.11 Å². The van der Waals surface area contributed by atoms with Gasteiger partial charge in [0.1, 0.15) is 0 Å². The Morgan fingerprint density at radius 1 is 1.21 bits per heavy atom. The number of hydrogen-bond acceptors (Lipinski definition) is 3. The molecule has 1 aliphatic carbocycles. The molecule has 0 heterocycles. The monoisotopic (exact) mass is 365 g/mol. The normalized spacial score (nSPS) is 23.4. The molecular weight excluding hydrogens is 338 g/mol. The van der Waals surface area contributed by atoms with Crippen molar-refractivity contribution in [2.45, 2.75) is 51.0 Å². The van der Waals surface area contributed by atoms with Crippen LogP contribution in [0, 0.1) is 18.8 Å². The van der Waals surface area contributed by atoms with Crippen molar-refractivity contribution in [2.24, 2.45) is 11.8 Å². The molecule has 132 valence electrons. The van der Waals surface area contributed by atoms with Gasteiger partial charge in [-0.15, -0.1) is 11.8 Å². The van der Waals surface area contributed by atoms with Gasteiger partial charge in [-0.25, -0.2) is 0 Å². The highest BCUT2D eigenvalue weighted by Crippen LogP contribution is 2.29. The van der Waals surface area contributed by atoms with E-state index in [1.807, 2.05) is 31.2 Å². The Labute approximate surface area is 154 Å². The van der Waals surface area contributed by atoms with E-state index in [1.54, 1.807) is 0 Å². The summed E-state index contributed by atoms with van der Waals surface area (Å²) >= 11 is 6.80. The number of carbonyl (C=O) groups is 1. The molecule has 0 spiro atoms. The first kappa shape index (κ1) is 19.1. The van der Waals surface area contributed by atoms with Crippen LogP contribution in [0.5, 0.6) is 0 Å². The first-order valence-electron chi connectivity index (χ1n) is 8.50. The van der Waals surface area contributed by atoms with Crippen LogP contribution in [0.1, 0.15) is 38.7 Å². The number of rotatable bonds is 4. The van der Waals surface area contributed by atoms with Gasteiger partial charge in [-0.05, 0) is 49.5 Å². The molecule has 2 rings (SSSR count). The fourth-order valence-electron chi connectivity index (χ4n) is 2.94. The second kappa shape index (κ2) is 9.28. The third kappa shape index (κ3) is 5.98. The highest BCUT2D eigenvalue weighted by atomic mass is 32.2. The van der Waals surface area contributed by atoms with Crippen molar-refractivity contribution in [3.8, 4) is 0 Å². The van der Waals surface area contributed by atoms with Crippen molar-refractivity contribution >= 4 is 35.0 Å². The number of hydrazine groups is 1. The van der Waals surface area contributed by atoms with E-state index in [-0.39, 0.29) is 5.91 Å². The first-order valence-corrected chi connectivity index (χ1v) is 9.90. The van der Waals surface area contributed by atoms with Crippen molar-refractivity contribution in [3.63, 3.8) is 0 Å². The molecule has 0 unspecified atom stereocenters. The molecule has 0 aliphatic heterocycles. The van der Waals surface area contributed by atoms with Crippen LogP contribution >= 0.6 is 24.0 Å². The van der Waals surface area contributed by atoms with E-state index in [0.29, 0.717) is 28.7 Å². The van der Waals surface area contributed by atoms with E-state index >= 15 is 0 Å². The number of hydrogen-bond donors (Lipinski definition) is 3. The van der Waals surface area contributed by atoms with E-state index in [2.05, 4.69) is 30.0 Å². The van der Waals surface area contributed by atoms with Gasteiger partial charge in [-0.3, -0.25) is 15.6 Å². The summed E-state index contributed by atoms with van der Waals surface area (Å²) in [5.74, 6) is 1.57. The summed E-state index contributed by atoms with van der Waals surface area (Å²) in [7, 11) is 0. The second-order valence-electron chi connectivity index (χ2n) is 6.62. The summed E-state index contributed by atoms with van der Waals surface area (Å²) in [5.41, 5.74) is 6.70. The van der Waals surface area contributed by atoms with Gasteiger partial charge in [0.25, 0.3) is 0 Å². The number of nitrogens with one attached hydrogen (secondary N) is 3. The van der Waals surface area contributed by atoms with E-state index in [4.69, 9.17) is 12.2 Å². The minimum absolute atomic E-state index is 0.0882. The van der Waals surface area contributed by atoms with Crippen LogP contribution < -0.4 is 16.2 Å². The predicted molar refractivity (Wildman–Crippen MR) is 105 cm³/mol. The number of aryl methyl sites for hydroxylation is 1. The van der Waals surface area contributed by atoms with Crippen LogP contribution in [0.3, 0.4) is 0 Å². The summed E-state index contributed by atoms with van der Waals surface area (Å²) < 4.78 is 0. The average Bonchev–Trinajstić information content (AvgIpc) is 2.56. The van der Waals surface area contributed by atoms with Crippen molar-refractivity contribution in [3.05, 3.63) is 29.8 Å². The van der Waals surface area contributed by atoms with Crippen LogP contribution in [0.15, 0.2) is 29.2 Å². The molecule has 0 aromatic heterocycles. The summed E-state index contributed by atoms with van der Waals surface area (Å²) in [6.07, 6.45) is 3.64. The molecule has 1 amide bonds. The third-order valence-electron chi connectivity index (χ3n) is 4.73. The number of amides is 1. The van der Waals surface area contributed by atoms with Gasteiger partial charge in [0.05, 0.1) is 5.75 Å². The standard InChI is InChI=1S/C18H27N3OS2/c1-12-7-9-15(10-8-12)24-11-17(22)20-21-18(23)19-16-6-4-5-13(2)14(16)3/h7-10,13-14,16H,4-6,11H2,1-3H3,(H,20,22)(H2,19,21,23)/t13-,14-,16-/m0/s1. The van der Waals surface area contributed by atoms with Gasteiger partial charge in [-0.2, -0.15) is 0 Å². The van der Waals surface area contributed by atoms with Crippen molar-refractivity contribution < 1.29 is 4.79 Å².